The molecule has 0 amide bonds. The Morgan fingerprint density at radius 1 is 1.60 bits per heavy atom. The molecule has 1 saturated heterocycles. The molecule has 5 heteroatoms. The quantitative estimate of drug-likeness (QED) is 0.802. The van der Waals surface area contributed by atoms with Crippen LogP contribution in [0.4, 0.5) is 0 Å². The molecule has 0 aromatic carbocycles. The Bertz CT molecular complexity index is 312. The minimum absolute atomic E-state index is 0.355. The standard InChI is InChI=1S/C10H15BrN2OS/c1-2-8(11)10-13-12-9(15-10)7-4-3-5-14-6-7/h7-8H,2-6H2,1H3. The highest BCUT2D eigenvalue weighted by Crippen LogP contribution is 2.33. The third-order valence-electron chi connectivity index (χ3n) is 2.59. The zero-order valence-corrected chi connectivity index (χ0v) is 11.2. The summed E-state index contributed by atoms with van der Waals surface area (Å²) < 4.78 is 5.46. The molecular weight excluding hydrogens is 276 g/mol. The Balaban J connectivity index is 2.05. The maximum atomic E-state index is 5.46. The van der Waals surface area contributed by atoms with Crippen molar-refractivity contribution in [3.63, 3.8) is 0 Å². The molecule has 0 spiro atoms. The fourth-order valence-corrected chi connectivity index (χ4v) is 3.04. The zero-order chi connectivity index (χ0) is 10.7. The largest absolute Gasteiger partial charge is 0.381 e. The molecule has 2 heterocycles. The lowest BCUT2D eigenvalue weighted by Gasteiger charge is -2.19. The number of alkyl halides is 1. The molecule has 2 atom stereocenters. The number of aromatic nitrogens is 2. The van der Waals surface area contributed by atoms with Crippen LogP contribution in [0.3, 0.4) is 0 Å². The van der Waals surface area contributed by atoms with E-state index in [-0.39, 0.29) is 0 Å². The van der Waals surface area contributed by atoms with E-state index in [9.17, 15) is 0 Å². The fraction of sp³-hybridized carbons (Fsp3) is 0.800. The second-order valence-corrected chi connectivity index (χ2v) is 5.91. The third-order valence-corrected chi connectivity index (χ3v) is 5.18. The van der Waals surface area contributed by atoms with Gasteiger partial charge in [0.15, 0.2) is 0 Å². The van der Waals surface area contributed by atoms with Crippen LogP contribution in [0.15, 0.2) is 0 Å². The molecule has 2 rings (SSSR count). The van der Waals surface area contributed by atoms with Gasteiger partial charge < -0.3 is 4.74 Å². The van der Waals surface area contributed by atoms with Gasteiger partial charge in [-0.2, -0.15) is 0 Å². The number of rotatable bonds is 3. The second-order valence-electron chi connectivity index (χ2n) is 3.77. The number of hydrogen-bond donors (Lipinski definition) is 0. The number of ether oxygens (including phenoxy) is 1. The summed E-state index contributed by atoms with van der Waals surface area (Å²) in [6, 6.07) is 0. The van der Waals surface area contributed by atoms with Crippen molar-refractivity contribution in [2.45, 2.75) is 36.9 Å². The Labute approximate surface area is 102 Å². The van der Waals surface area contributed by atoms with Crippen LogP contribution in [0.1, 0.15) is 46.9 Å². The fourth-order valence-electron chi connectivity index (χ4n) is 1.65. The van der Waals surface area contributed by atoms with E-state index in [2.05, 4.69) is 33.1 Å². The first-order chi connectivity index (χ1) is 7.31. The van der Waals surface area contributed by atoms with Crippen LogP contribution in [0.25, 0.3) is 0 Å². The highest BCUT2D eigenvalue weighted by Gasteiger charge is 2.21. The van der Waals surface area contributed by atoms with E-state index in [0.717, 1.165) is 36.1 Å². The van der Waals surface area contributed by atoms with Crippen LogP contribution >= 0.6 is 27.3 Å². The molecule has 15 heavy (non-hydrogen) atoms. The molecule has 3 nitrogen and oxygen atoms in total. The third kappa shape index (κ3) is 2.77. The van der Waals surface area contributed by atoms with Gasteiger partial charge in [-0.3, -0.25) is 0 Å². The summed E-state index contributed by atoms with van der Waals surface area (Å²) in [5.74, 6) is 0.474. The van der Waals surface area contributed by atoms with Crippen LogP contribution in [0, 0.1) is 0 Å². The summed E-state index contributed by atoms with van der Waals surface area (Å²) in [5.41, 5.74) is 0. The molecule has 0 aliphatic carbocycles. The minimum atomic E-state index is 0.355. The predicted molar refractivity (Wildman–Crippen MR) is 64.7 cm³/mol. The minimum Gasteiger partial charge on any atom is -0.381 e. The van der Waals surface area contributed by atoms with Gasteiger partial charge in [0.1, 0.15) is 10.0 Å². The molecule has 0 N–H and O–H groups in total. The molecule has 0 radical (unpaired) electrons. The molecule has 1 aliphatic rings. The average molecular weight is 291 g/mol. The Kier molecular flexibility index (Phi) is 4.11. The van der Waals surface area contributed by atoms with E-state index < -0.39 is 0 Å². The van der Waals surface area contributed by atoms with Crippen molar-refractivity contribution < 1.29 is 4.74 Å². The van der Waals surface area contributed by atoms with Gasteiger partial charge in [-0.15, -0.1) is 10.2 Å². The highest BCUT2D eigenvalue weighted by molar-refractivity contribution is 9.09. The number of halogens is 1. The molecule has 1 aromatic rings. The van der Waals surface area contributed by atoms with E-state index in [0.29, 0.717) is 10.7 Å². The van der Waals surface area contributed by atoms with Crippen molar-refractivity contribution in [2.75, 3.05) is 13.2 Å². The SMILES string of the molecule is CCC(Br)c1nnc(C2CCCOC2)s1. The van der Waals surface area contributed by atoms with Gasteiger partial charge in [0.05, 0.1) is 11.4 Å². The maximum absolute atomic E-state index is 5.46. The van der Waals surface area contributed by atoms with Crippen molar-refractivity contribution in [1.29, 1.82) is 0 Å². The Hall–Kier alpha value is -0.0000000000000000555. The van der Waals surface area contributed by atoms with E-state index in [4.69, 9.17) is 4.74 Å². The zero-order valence-electron chi connectivity index (χ0n) is 8.78. The predicted octanol–water partition coefficient (Wildman–Crippen LogP) is 3.28. The van der Waals surface area contributed by atoms with Gasteiger partial charge in [0, 0.05) is 12.5 Å². The summed E-state index contributed by atoms with van der Waals surface area (Å²) in [5, 5.41) is 10.7. The summed E-state index contributed by atoms with van der Waals surface area (Å²) in [4.78, 5) is 0.355. The van der Waals surface area contributed by atoms with Gasteiger partial charge in [-0.25, -0.2) is 0 Å². The number of hydrogen-bond acceptors (Lipinski definition) is 4. The average Bonchev–Trinajstić information content (AvgIpc) is 2.78. The Morgan fingerprint density at radius 3 is 3.13 bits per heavy atom. The van der Waals surface area contributed by atoms with Crippen LogP contribution in [0.2, 0.25) is 0 Å². The topological polar surface area (TPSA) is 35.0 Å². The van der Waals surface area contributed by atoms with E-state index in [1.807, 2.05) is 0 Å². The van der Waals surface area contributed by atoms with Crippen LogP contribution in [0.5, 0.6) is 0 Å². The summed E-state index contributed by atoms with van der Waals surface area (Å²) in [6.45, 7) is 3.86. The van der Waals surface area contributed by atoms with E-state index in [1.54, 1.807) is 11.3 Å². The van der Waals surface area contributed by atoms with Gasteiger partial charge in [0.2, 0.25) is 0 Å². The van der Waals surface area contributed by atoms with Crippen molar-refractivity contribution in [2.24, 2.45) is 0 Å². The second kappa shape index (κ2) is 5.37. The first kappa shape index (κ1) is 11.5. The molecule has 1 aliphatic heterocycles. The lowest BCUT2D eigenvalue weighted by molar-refractivity contribution is 0.0802. The number of nitrogens with zero attached hydrogens (tertiary/aromatic N) is 2. The lowest BCUT2D eigenvalue weighted by atomic mass is 10.0. The normalized spacial score (nSPS) is 24.0. The molecule has 2 unspecified atom stereocenters. The maximum Gasteiger partial charge on any atom is 0.131 e. The molecule has 0 saturated carbocycles. The summed E-state index contributed by atoms with van der Waals surface area (Å²) >= 11 is 5.32. The van der Waals surface area contributed by atoms with Crippen molar-refractivity contribution >= 4 is 27.3 Å². The van der Waals surface area contributed by atoms with Crippen LogP contribution < -0.4 is 0 Å². The van der Waals surface area contributed by atoms with Gasteiger partial charge in [0.25, 0.3) is 0 Å². The Morgan fingerprint density at radius 2 is 2.47 bits per heavy atom. The molecule has 84 valence electrons. The van der Waals surface area contributed by atoms with Crippen molar-refractivity contribution in [3.05, 3.63) is 10.0 Å². The van der Waals surface area contributed by atoms with Crippen molar-refractivity contribution in [1.82, 2.24) is 10.2 Å². The van der Waals surface area contributed by atoms with E-state index in [1.165, 1.54) is 6.42 Å². The first-order valence-electron chi connectivity index (χ1n) is 5.36. The van der Waals surface area contributed by atoms with Crippen molar-refractivity contribution in [3.8, 4) is 0 Å². The van der Waals surface area contributed by atoms with Gasteiger partial charge in [-0.1, -0.05) is 34.2 Å². The lowest BCUT2D eigenvalue weighted by Crippen LogP contribution is -2.15. The smallest absolute Gasteiger partial charge is 0.131 e. The highest BCUT2D eigenvalue weighted by atomic mass is 79.9. The summed E-state index contributed by atoms with van der Waals surface area (Å²) in [7, 11) is 0. The van der Waals surface area contributed by atoms with Gasteiger partial charge >= 0.3 is 0 Å². The molecule has 0 bridgehead atoms. The molecular formula is C10H15BrN2OS. The molecule has 1 fully saturated rings. The van der Waals surface area contributed by atoms with Crippen LogP contribution in [-0.2, 0) is 4.74 Å². The molecule has 1 aromatic heterocycles. The summed E-state index contributed by atoms with van der Waals surface area (Å²) in [6.07, 6.45) is 3.38. The van der Waals surface area contributed by atoms with Gasteiger partial charge in [-0.05, 0) is 19.3 Å². The first-order valence-corrected chi connectivity index (χ1v) is 7.09. The van der Waals surface area contributed by atoms with E-state index >= 15 is 0 Å². The van der Waals surface area contributed by atoms with Crippen LogP contribution in [-0.4, -0.2) is 23.4 Å². The monoisotopic (exact) mass is 290 g/mol.